The Kier molecular flexibility index (Phi) is 5.02. The standard InChI is InChI=1S/C21H29N3O3/c1-14-9-20(3,4)13-21(10-14)18(26)24(19(27)23-21)12-17(25)22-11-16-8-6-5-7-15(16)2/h5-8,14H,9-13H2,1-4H3,(H,22,25)(H,23,27). The Morgan fingerprint density at radius 2 is 1.96 bits per heavy atom. The van der Waals surface area contributed by atoms with Crippen molar-refractivity contribution in [3.63, 3.8) is 0 Å². The fraction of sp³-hybridized carbons (Fsp3) is 0.571. The molecule has 0 bridgehead atoms. The first-order valence-electron chi connectivity index (χ1n) is 9.57. The van der Waals surface area contributed by atoms with E-state index in [2.05, 4.69) is 31.4 Å². The van der Waals surface area contributed by atoms with E-state index in [0.29, 0.717) is 25.3 Å². The predicted octanol–water partition coefficient (Wildman–Crippen LogP) is 2.75. The second kappa shape index (κ2) is 6.98. The molecular formula is C21H29N3O3. The van der Waals surface area contributed by atoms with Crippen LogP contribution in [0.15, 0.2) is 24.3 Å². The Bertz CT molecular complexity index is 774. The molecule has 2 N–H and O–H groups in total. The summed E-state index contributed by atoms with van der Waals surface area (Å²) in [5, 5.41) is 5.71. The van der Waals surface area contributed by atoms with Gasteiger partial charge in [0.05, 0.1) is 0 Å². The van der Waals surface area contributed by atoms with E-state index in [1.54, 1.807) is 0 Å². The number of rotatable bonds is 4. The molecule has 2 unspecified atom stereocenters. The Morgan fingerprint density at radius 1 is 1.26 bits per heavy atom. The van der Waals surface area contributed by atoms with Gasteiger partial charge in [0, 0.05) is 6.54 Å². The van der Waals surface area contributed by atoms with E-state index in [4.69, 9.17) is 0 Å². The van der Waals surface area contributed by atoms with Crippen LogP contribution in [-0.2, 0) is 16.1 Å². The predicted molar refractivity (Wildman–Crippen MR) is 103 cm³/mol. The zero-order valence-corrected chi connectivity index (χ0v) is 16.6. The largest absolute Gasteiger partial charge is 0.350 e. The summed E-state index contributed by atoms with van der Waals surface area (Å²) in [4.78, 5) is 38.9. The van der Waals surface area contributed by atoms with Crippen molar-refractivity contribution in [3.05, 3.63) is 35.4 Å². The average Bonchev–Trinajstić information content (AvgIpc) is 2.75. The number of nitrogens with zero attached hydrogens (tertiary/aromatic N) is 1. The smallest absolute Gasteiger partial charge is 0.325 e. The number of imide groups is 1. The van der Waals surface area contributed by atoms with Crippen molar-refractivity contribution in [1.82, 2.24) is 15.5 Å². The summed E-state index contributed by atoms with van der Waals surface area (Å²) in [6, 6.07) is 7.33. The van der Waals surface area contributed by atoms with E-state index >= 15 is 0 Å². The molecule has 6 heteroatoms. The van der Waals surface area contributed by atoms with Crippen LogP contribution >= 0.6 is 0 Å². The lowest BCUT2D eigenvalue weighted by Gasteiger charge is -2.43. The molecule has 0 radical (unpaired) electrons. The number of aryl methyl sites for hydroxylation is 1. The van der Waals surface area contributed by atoms with Crippen LogP contribution in [0.25, 0.3) is 0 Å². The normalized spacial score (nSPS) is 27.0. The molecule has 3 rings (SSSR count). The van der Waals surface area contributed by atoms with Crippen molar-refractivity contribution < 1.29 is 14.4 Å². The van der Waals surface area contributed by atoms with Gasteiger partial charge in [0.15, 0.2) is 0 Å². The molecule has 1 saturated heterocycles. The Hall–Kier alpha value is -2.37. The fourth-order valence-corrected chi connectivity index (χ4v) is 4.85. The number of urea groups is 1. The summed E-state index contributed by atoms with van der Waals surface area (Å²) in [5.74, 6) is -0.257. The quantitative estimate of drug-likeness (QED) is 0.799. The Balaban J connectivity index is 1.65. The van der Waals surface area contributed by atoms with Crippen LogP contribution in [0.1, 0.15) is 51.2 Å². The molecule has 1 aliphatic heterocycles. The van der Waals surface area contributed by atoms with E-state index in [-0.39, 0.29) is 23.8 Å². The van der Waals surface area contributed by atoms with Crippen LogP contribution < -0.4 is 10.6 Å². The van der Waals surface area contributed by atoms with Gasteiger partial charge in [0.1, 0.15) is 12.1 Å². The minimum atomic E-state index is -0.867. The number of nitrogens with one attached hydrogen (secondary N) is 2. The number of benzene rings is 1. The van der Waals surface area contributed by atoms with Gasteiger partial charge >= 0.3 is 6.03 Å². The molecule has 2 aliphatic rings. The lowest BCUT2D eigenvalue weighted by molar-refractivity contribution is -0.137. The maximum atomic E-state index is 13.1. The maximum Gasteiger partial charge on any atom is 0.325 e. The SMILES string of the molecule is Cc1ccccc1CNC(=O)CN1C(=O)NC2(CC(C)CC(C)(C)C2)C1=O. The minimum Gasteiger partial charge on any atom is -0.350 e. The molecule has 146 valence electrons. The highest BCUT2D eigenvalue weighted by molar-refractivity contribution is 6.09. The number of hydrogen-bond donors (Lipinski definition) is 2. The number of amides is 4. The molecule has 1 saturated carbocycles. The van der Waals surface area contributed by atoms with Crippen molar-refractivity contribution >= 4 is 17.8 Å². The average molecular weight is 371 g/mol. The highest BCUT2D eigenvalue weighted by Gasteiger charge is 2.56. The first-order chi connectivity index (χ1) is 12.6. The summed E-state index contributed by atoms with van der Waals surface area (Å²) < 4.78 is 0. The van der Waals surface area contributed by atoms with Gasteiger partial charge in [0.25, 0.3) is 5.91 Å². The molecule has 2 atom stereocenters. The second-order valence-corrected chi connectivity index (χ2v) is 8.96. The van der Waals surface area contributed by atoms with Crippen molar-refractivity contribution in [2.24, 2.45) is 11.3 Å². The van der Waals surface area contributed by atoms with Crippen LogP contribution in [0.4, 0.5) is 4.79 Å². The van der Waals surface area contributed by atoms with E-state index in [9.17, 15) is 14.4 Å². The molecule has 1 heterocycles. The minimum absolute atomic E-state index is 0.0241. The maximum absolute atomic E-state index is 13.1. The molecular weight excluding hydrogens is 342 g/mol. The van der Waals surface area contributed by atoms with Crippen LogP contribution in [-0.4, -0.2) is 34.8 Å². The number of hydrogen-bond acceptors (Lipinski definition) is 3. The molecule has 0 aromatic heterocycles. The first kappa shape index (κ1) is 19.4. The van der Waals surface area contributed by atoms with E-state index in [1.807, 2.05) is 31.2 Å². The molecule has 1 spiro atoms. The zero-order valence-electron chi connectivity index (χ0n) is 16.6. The van der Waals surface area contributed by atoms with Crippen LogP contribution in [0.3, 0.4) is 0 Å². The summed E-state index contributed by atoms with van der Waals surface area (Å²) in [6.07, 6.45) is 2.26. The Morgan fingerprint density at radius 3 is 2.63 bits per heavy atom. The summed E-state index contributed by atoms with van der Waals surface area (Å²) in [5.41, 5.74) is 1.21. The first-order valence-corrected chi connectivity index (χ1v) is 9.57. The van der Waals surface area contributed by atoms with E-state index < -0.39 is 11.6 Å². The fourth-order valence-electron chi connectivity index (χ4n) is 4.85. The third-order valence-corrected chi connectivity index (χ3v) is 5.66. The second-order valence-electron chi connectivity index (χ2n) is 8.96. The number of carbonyl (C=O) groups is 3. The molecule has 4 amide bonds. The van der Waals surface area contributed by atoms with Crippen molar-refractivity contribution in [3.8, 4) is 0 Å². The summed E-state index contributed by atoms with van der Waals surface area (Å²) in [6.45, 7) is 8.48. The monoisotopic (exact) mass is 371 g/mol. The third-order valence-electron chi connectivity index (χ3n) is 5.66. The summed E-state index contributed by atoms with van der Waals surface area (Å²) >= 11 is 0. The van der Waals surface area contributed by atoms with Crippen molar-refractivity contribution in [2.75, 3.05) is 6.54 Å². The lowest BCUT2D eigenvalue weighted by Crippen LogP contribution is -2.54. The molecule has 27 heavy (non-hydrogen) atoms. The molecule has 6 nitrogen and oxygen atoms in total. The van der Waals surface area contributed by atoms with Crippen molar-refractivity contribution in [1.29, 1.82) is 0 Å². The number of carbonyl (C=O) groups excluding carboxylic acids is 3. The highest BCUT2D eigenvalue weighted by atomic mass is 16.2. The molecule has 1 aliphatic carbocycles. The van der Waals surface area contributed by atoms with Gasteiger partial charge in [-0.1, -0.05) is 45.0 Å². The van der Waals surface area contributed by atoms with Gasteiger partial charge in [-0.25, -0.2) is 4.79 Å². The van der Waals surface area contributed by atoms with E-state index in [0.717, 1.165) is 22.4 Å². The van der Waals surface area contributed by atoms with Crippen LogP contribution in [0.5, 0.6) is 0 Å². The van der Waals surface area contributed by atoms with E-state index in [1.165, 1.54) is 0 Å². The van der Waals surface area contributed by atoms with Gasteiger partial charge in [-0.05, 0) is 48.6 Å². The highest BCUT2D eigenvalue weighted by Crippen LogP contribution is 2.46. The third kappa shape index (κ3) is 3.99. The van der Waals surface area contributed by atoms with Gasteiger partial charge in [0.2, 0.25) is 5.91 Å². The molecule has 1 aromatic rings. The van der Waals surface area contributed by atoms with Gasteiger partial charge in [-0.2, -0.15) is 0 Å². The Labute approximate surface area is 160 Å². The van der Waals surface area contributed by atoms with Crippen LogP contribution in [0, 0.1) is 18.3 Å². The topological polar surface area (TPSA) is 78.5 Å². The van der Waals surface area contributed by atoms with Gasteiger partial charge < -0.3 is 10.6 Å². The van der Waals surface area contributed by atoms with Crippen LogP contribution in [0.2, 0.25) is 0 Å². The lowest BCUT2D eigenvalue weighted by atomic mass is 9.64. The molecule has 2 fully saturated rings. The summed E-state index contributed by atoms with van der Waals surface area (Å²) in [7, 11) is 0. The van der Waals surface area contributed by atoms with Crippen molar-refractivity contribution in [2.45, 2.75) is 59.0 Å². The van der Waals surface area contributed by atoms with Gasteiger partial charge in [-0.3, -0.25) is 14.5 Å². The van der Waals surface area contributed by atoms with Gasteiger partial charge in [-0.15, -0.1) is 0 Å². The molecule has 1 aromatic carbocycles. The zero-order chi connectivity index (χ0) is 19.8.